The summed E-state index contributed by atoms with van der Waals surface area (Å²) in [5.74, 6) is -0.815. The first-order valence-corrected chi connectivity index (χ1v) is 12.3. The van der Waals surface area contributed by atoms with Gasteiger partial charge in [0, 0.05) is 52.8 Å². The molecule has 33 heavy (non-hydrogen) atoms. The molecule has 3 heterocycles. The summed E-state index contributed by atoms with van der Waals surface area (Å²) in [6.07, 6.45) is 3.21. The van der Waals surface area contributed by atoms with E-state index in [9.17, 15) is 19.7 Å². The smallest absolute Gasteiger partial charge is 0.514 e. The highest BCUT2D eigenvalue weighted by atomic mass is 32.1. The third-order valence-corrected chi connectivity index (χ3v) is 9.13. The van der Waals surface area contributed by atoms with Gasteiger partial charge in [-0.3, -0.25) is 9.59 Å². The van der Waals surface area contributed by atoms with E-state index in [2.05, 4.69) is 0 Å². The van der Waals surface area contributed by atoms with Crippen LogP contribution in [0.2, 0.25) is 0 Å². The molecule has 1 aliphatic carbocycles. The summed E-state index contributed by atoms with van der Waals surface area (Å²) in [6, 6.07) is 7.60. The van der Waals surface area contributed by atoms with Crippen molar-refractivity contribution in [3.8, 4) is 9.75 Å². The van der Waals surface area contributed by atoms with Gasteiger partial charge in [0.25, 0.3) is 5.54 Å². The van der Waals surface area contributed by atoms with Crippen molar-refractivity contribution in [3.05, 3.63) is 61.9 Å². The Morgan fingerprint density at radius 1 is 0.818 bits per heavy atom. The van der Waals surface area contributed by atoms with E-state index in [4.69, 9.17) is 0 Å². The number of hydroxylamine groups is 1. The lowest BCUT2D eigenvalue weighted by Crippen LogP contribution is -2.50. The predicted molar refractivity (Wildman–Crippen MR) is 133 cm³/mol. The molecule has 0 unspecified atom stereocenters. The van der Waals surface area contributed by atoms with Crippen molar-refractivity contribution in [2.24, 2.45) is 5.41 Å². The molecule has 0 aromatic carbocycles. The quantitative estimate of drug-likeness (QED) is 0.247. The van der Waals surface area contributed by atoms with Gasteiger partial charge in [0.2, 0.25) is 17.1 Å². The molecule has 0 saturated carbocycles. The van der Waals surface area contributed by atoms with Crippen molar-refractivity contribution in [2.75, 3.05) is 0 Å². The molecule has 4 rings (SSSR count). The summed E-state index contributed by atoms with van der Waals surface area (Å²) in [5.41, 5.74) is -0.920. The Balaban J connectivity index is 1.69. The van der Waals surface area contributed by atoms with Gasteiger partial charge >= 0.3 is 5.84 Å². The zero-order chi connectivity index (χ0) is 24.5. The van der Waals surface area contributed by atoms with E-state index >= 15 is 0 Å². The van der Waals surface area contributed by atoms with Crippen LogP contribution in [0.4, 0.5) is 0 Å². The zero-order valence-electron chi connectivity index (χ0n) is 19.8. The van der Waals surface area contributed by atoms with E-state index < -0.39 is 28.1 Å². The van der Waals surface area contributed by atoms with Gasteiger partial charge in [-0.1, -0.05) is 20.8 Å². The van der Waals surface area contributed by atoms with Crippen molar-refractivity contribution < 1.29 is 19.1 Å². The molecule has 1 aliphatic heterocycles. The van der Waals surface area contributed by atoms with Crippen LogP contribution in [0.25, 0.3) is 15.3 Å². The van der Waals surface area contributed by atoms with E-state index in [-0.39, 0.29) is 5.84 Å². The highest BCUT2D eigenvalue weighted by molar-refractivity contribution is 7.23. The molecule has 2 aromatic rings. The van der Waals surface area contributed by atoms with Crippen LogP contribution in [-0.4, -0.2) is 38.0 Å². The molecule has 0 spiro atoms. The van der Waals surface area contributed by atoms with Crippen molar-refractivity contribution >= 4 is 45.6 Å². The van der Waals surface area contributed by atoms with Gasteiger partial charge in [-0.15, -0.1) is 27.4 Å². The van der Waals surface area contributed by atoms with Crippen LogP contribution < -0.4 is 0 Å². The van der Waals surface area contributed by atoms with Crippen LogP contribution in [0.5, 0.6) is 0 Å². The second-order valence-electron chi connectivity index (χ2n) is 10.5. The first-order valence-electron chi connectivity index (χ1n) is 10.7. The molecule has 172 valence electrons. The topological polar surface area (TPSA) is 80.3 Å². The molecule has 0 radical (unpaired) electrons. The highest BCUT2D eigenvalue weighted by Crippen LogP contribution is 2.41. The van der Waals surface area contributed by atoms with Crippen LogP contribution in [0.3, 0.4) is 0 Å². The number of hydrogen-bond acceptors (Lipinski definition) is 6. The molecule has 0 atom stereocenters. The third kappa shape index (κ3) is 3.56. The number of nitrogens with zero attached hydrogens (tertiary/aromatic N) is 2. The molecule has 0 fully saturated rings. The summed E-state index contributed by atoms with van der Waals surface area (Å²) in [7, 11) is 0. The number of thiophene rings is 2. The van der Waals surface area contributed by atoms with Crippen molar-refractivity contribution in [3.63, 3.8) is 0 Å². The van der Waals surface area contributed by atoms with E-state index in [1.165, 1.54) is 28.7 Å². The largest absolute Gasteiger partial charge is 0.618 e. The molecule has 2 aliphatic rings. The lowest BCUT2D eigenvalue weighted by molar-refractivity contribution is -0.555. The molecule has 6 nitrogen and oxygen atoms in total. The van der Waals surface area contributed by atoms with Crippen LogP contribution in [0, 0.1) is 15.5 Å². The average molecular weight is 484 g/mol. The highest BCUT2D eigenvalue weighted by Gasteiger charge is 2.68. The molecule has 0 amide bonds. The molecular formula is C25H27N2O4S2+. The Morgan fingerprint density at radius 2 is 1.33 bits per heavy atom. The van der Waals surface area contributed by atoms with Crippen LogP contribution in [0.15, 0.2) is 42.0 Å². The standard InChI is InChI=1S/C25H27N2O4S2/c1-23(2,3)15-12-14(13-16(28)21(15)29)17-8-9-18(32-17)19-10-11-20(33-19)22-26(30)24(4,5)25(6,7)27(22)31/h8-13H,1-7H3/q+1. The molecule has 0 bridgehead atoms. The first-order chi connectivity index (χ1) is 15.2. The monoisotopic (exact) mass is 483 g/mol. The van der Waals surface area contributed by atoms with Crippen molar-refractivity contribution in [2.45, 2.75) is 59.5 Å². The summed E-state index contributed by atoms with van der Waals surface area (Å²) < 4.78 is 1.65. The Bertz CT molecular complexity index is 1310. The minimum absolute atomic E-state index is 0.134. The number of carbonyl (C=O) groups is 2. The van der Waals surface area contributed by atoms with Crippen molar-refractivity contribution in [1.29, 1.82) is 0 Å². The molecule has 0 N–H and O–H groups in total. The zero-order valence-corrected chi connectivity index (χ0v) is 21.4. The SMILES string of the molecule is CC(C)(C)C1=CC(c2ccc(-c3ccc(C4=[N+]([O-])C(C)(C)C(C)(C)[N+]4=O)s3)s2)=CC(=O)C1=O. The van der Waals surface area contributed by atoms with Gasteiger partial charge in [0.1, 0.15) is 4.76 Å². The second-order valence-corrected chi connectivity index (χ2v) is 12.6. The van der Waals surface area contributed by atoms with E-state index in [1.807, 2.05) is 51.1 Å². The number of carbonyl (C=O) groups excluding carboxylic acids is 2. The Kier molecular flexibility index (Phi) is 5.26. The minimum Gasteiger partial charge on any atom is -0.618 e. The number of allylic oxidation sites excluding steroid dienone is 4. The average Bonchev–Trinajstić information content (AvgIpc) is 3.40. The summed E-state index contributed by atoms with van der Waals surface area (Å²) in [6.45, 7) is 12.9. The van der Waals surface area contributed by atoms with Gasteiger partial charge < -0.3 is 5.21 Å². The number of ketones is 2. The fraction of sp³-hybridized carbons (Fsp3) is 0.400. The third-order valence-electron chi connectivity index (χ3n) is 6.72. The number of amidine groups is 1. The number of hydrogen-bond donors (Lipinski definition) is 0. The molecular weight excluding hydrogens is 456 g/mol. The Labute approximate surface area is 201 Å². The number of rotatable bonds is 3. The van der Waals surface area contributed by atoms with E-state index in [0.29, 0.717) is 10.5 Å². The molecule has 0 saturated heterocycles. The normalized spacial score (nSPS) is 20.4. The number of nitroso groups, excluding NO2 is 1. The Morgan fingerprint density at radius 3 is 1.85 bits per heavy atom. The van der Waals surface area contributed by atoms with Gasteiger partial charge in [-0.25, -0.2) is 0 Å². The van der Waals surface area contributed by atoms with Crippen LogP contribution in [-0.2, 0) is 9.59 Å². The fourth-order valence-corrected chi connectivity index (χ4v) is 5.92. The van der Waals surface area contributed by atoms with Gasteiger partial charge in [-0.05, 0) is 47.4 Å². The molecule has 2 aromatic heterocycles. The molecule has 8 heteroatoms. The second kappa shape index (κ2) is 7.40. The maximum atomic E-state index is 13.0. The first kappa shape index (κ1) is 23.4. The van der Waals surface area contributed by atoms with Gasteiger partial charge in [-0.2, -0.15) is 0 Å². The Hall–Kier alpha value is -2.71. The lowest BCUT2D eigenvalue weighted by atomic mass is 9.79. The van der Waals surface area contributed by atoms with E-state index in [1.54, 1.807) is 27.7 Å². The van der Waals surface area contributed by atoms with Gasteiger partial charge in [0.05, 0.1) is 0 Å². The summed E-state index contributed by atoms with van der Waals surface area (Å²) in [4.78, 5) is 41.0. The van der Waals surface area contributed by atoms with Crippen LogP contribution in [0.1, 0.15) is 58.2 Å². The van der Waals surface area contributed by atoms with Crippen molar-refractivity contribution in [1.82, 2.24) is 0 Å². The minimum atomic E-state index is -0.862. The number of Topliss-reactive ketones (excluding diaryl/α,β-unsaturated/α-hetero) is 1. The maximum Gasteiger partial charge on any atom is 0.514 e. The maximum absolute atomic E-state index is 13.0. The predicted octanol–water partition coefficient (Wildman–Crippen LogP) is 5.59. The summed E-state index contributed by atoms with van der Waals surface area (Å²) >= 11 is 2.90. The lowest BCUT2D eigenvalue weighted by Gasteiger charge is -2.23. The fourth-order valence-electron chi connectivity index (χ4n) is 3.83. The van der Waals surface area contributed by atoms with Gasteiger partial charge in [0.15, 0.2) is 4.88 Å². The van der Waals surface area contributed by atoms with Crippen LogP contribution >= 0.6 is 22.7 Å². The van der Waals surface area contributed by atoms with E-state index in [0.717, 1.165) is 29.7 Å². The summed E-state index contributed by atoms with van der Waals surface area (Å²) in [5, 5.41) is 13.0.